The topological polar surface area (TPSA) is 48.3 Å². The first-order chi connectivity index (χ1) is 8.81. The molecule has 1 aromatic rings. The molecule has 0 amide bonds. The Kier molecular flexibility index (Phi) is 4.60. The molecule has 1 N–H and O–H groups in total. The molecule has 1 aliphatic rings. The third-order valence-electron chi connectivity index (χ3n) is 3.52. The molecule has 0 radical (unpaired) electrons. The molecule has 0 aromatic carbocycles. The summed E-state index contributed by atoms with van der Waals surface area (Å²) >= 11 is 0. The summed E-state index contributed by atoms with van der Waals surface area (Å²) in [6.45, 7) is 7.68. The number of hydrogen-bond acceptors (Lipinski definition) is 4. The van der Waals surface area contributed by atoms with Gasteiger partial charge in [0.25, 0.3) is 0 Å². The highest BCUT2D eigenvalue weighted by atomic mass is 16.5. The quantitative estimate of drug-likeness (QED) is 0.836. The maximum absolute atomic E-state index is 5.52. The molecule has 1 fully saturated rings. The highest BCUT2D eigenvalue weighted by Crippen LogP contribution is 2.34. The molecule has 2 rings (SSSR count). The summed E-state index contributed by atoms with van der Waals surface area (Å²) in [6.07, 6.45) is 2.90. The second-order valence-electron chi connectivity index (χ2n) is 4.57. The van der Waals surface area contributed by atoms with Crippen LogP contribution in [-0.2, 0) is 11.3 Å². The van der Waals surface area contributed by atoms with Gasteiger partial charge in [0, 0.05) is 19.1 Å². The first-order valence-electron chi connectivity index (χ1n) is 6.72. The molecule has 2 unspecified atom stereocenters. The highest BCUT2D eigenvalue weighted by Gasteiger charge is 2.31. The van der Waals surface area contributed by atoms with Crippen molar-refractivity contribution in [1.29, 1.82) is 0 Å². The van der Waals surface area contributed by atoms with Crippen LogP contribution in [0.2, 0.25) is 0 Å². The molecule has 0 spiro atoms. The van der Waals surface area contributed by atoms with Gasteiger partial charge >= 0.3 is 0 Å². The van der Waals surface area contributed by atoms with E-state index in [2.05, 4.69) is 24.3 Å². The van der Waals surface area contributed by atoms with E-state index in [9.17, 15) is 0 Å². The van der Waals surface area contributed by atoms with Crippen LogP contribution in [0.25, 0.3) is 0 Å². The minimum atomic E-state index is 0.259. The molecule has 2 heterocycles. The Labute approximate surface area is 108 Å². The lowest BCUT2D eigenvalue weighted by Crippen LogP contribution is -2.31. The van der Waals surface area contributed by atoms with Gasteiger partial charge in [-0.25, -0.2) is 0 Å². The summed E-state index contributed by atoms with van der Waals surface area (Å²) in [4.78, 5) is 0. The maximum atomic E-state index is 5.52. The zero-order chi connectivity index (χ0) is 13.0. The summed E-state index contributed by atoms with van der Waals surface area (Å²) < 4.78 is 13.0. The fraction of sp³-hybridized carbons (Fsp3) is 0.769. The van der Waals surface area contributed by atoms with Gasteiger partial charge in [-0.3, -0.25) is 4.68 Å². The number of aryl methyl sites for hydroxylation is 1. The molecule has 0 saturated carbocycles. The zero-order valence-electron chi connectivity index (χ0n) is 11.5. The standard InChI is InChI=1S/C13H23N3O2/c1-4-14-12(10-6-7-18-9-10)13-11(17-3)8-15-16(13)5-2/h8,10,12,14H,4-7,9H2,1-3H3. The van der Waals surface area contributed by atoms with Crippen molar-refractivity contribution in [2.45, 2.75) is 32.9 Å². The van der Waals surface area contributed by atoms with Crippen LogP contribution < -0.4 is 10.1 Å². The predicted molar refractivity (Wildman–Crippen MR) is 69.8 cm³/mol. The van der Waals surface area contributed by atoms with E-state index in [0.717, 1.165) is 44.2 Å². The largest absolute Gasteiger partial charge is 0.493 e. The van der Waals surface area contributed by atoms with Crippen LogP contribution in [0.1, 0.15) is 32.0 Å². The van der Waals surface area contributed by atoms with Crippen LogP contribution in [0.15, 0.2) is 6.20 Å². The van der Waals surface area contributed by atoms with Gasteiger partial charge in [-0.1, -0.05) is 6.92 Å². The molecule has 0 aliphatic carbocycles. The molecule has 1 aromatic heterocycles. The van der Waals surface area contributed by atoms with Gasteiger partial charge in [-0.2, -0.15) is 5.10 Å². The Morgan fingerprint density at radius 1 is 1.61 bits per heavy atom. The second-order valence-corrected chi connectivity index (χ2v) is 4.57. The minimum absolute atomic E-state index is 0.259. The van der Waals surface area contributed by atoms with Crippen molar-refractivity contribution in [3.63, 3.8) is 0 Å². The Morgan fingerprint density at radius 2 is 2.44 bits per heavy atom. The minimum Gasteiger partial charge on any atom is -0.493 e. The summed E-state index contributed by atoms with van der Waals surface area (Å²) in [5, 5.41) is 7.95. The van der Waals surface area contributed by atoms with E-state index in [0.29, 0.717) is 5.92 Å². The number of ether oxygens (including phenoxy) is 2. The number of hydrogen-bond donors (Lipinski definition) is 1. The summed E-state index contributed by atoms with van der Waals surface area (Å²) in [5.41, 5.74) is 1.15. The van der Waals surface area contributed by atoms with Crippen LogP contribution in [-0.4, -0.2) is 36.6 Å². The smallest absolute Gasteiger partial charge is 0.161 e. The molecule has 1 saturated heterocycles. The summed E-state index contributed by atoms with van der Waals surface area (Å²) in [7, 11) is 1.70. The highest BCUT2D eigenvalue weighted by molar-refractivity contribution is 5.29. The predicted octanol–water partition coefficient (Wildman–Crippen LogP) is 1.60. The molecular formula is C13H23N3O2. The molecule has 0 bridgehead atoms. The number of methoxy groups -OCH3 is 1. The Bertz CT molecular complexity index is 351. The molecule has 102 valence electrons. The van der Waals surface area contributed by atoms with Gasteiger partial charge in [0.2, 0.25) is 0 Å². The van der Waals surface area contributed by atoms with Gasteiger partial charge in [0.1, 0.15) is 0 Å². The lowest BCUT2D eigenvalue weighted by Gasteiger charge is -2.25. The van der Waals surface area contributed by atoms with Crippen molar-refractivity contribution in [1.82, 2.24) is 15.1 Å². The fourth-order valence-electron chi connectivity index (χ4n) is 2.62. The van der Waals surface area contributed by atoms with Gasteiger partial charge < -0.3 is 14.8 Å². The molecular weight excluding hydrogens is 230 g/mol. The van der Waals surface area contributed by atoms with Crippen molar-refractivity contribution in [3.8, 4) is 5.75 Å². The second kappa shape index (κ2) is 6.20. The normalized spacial score (nSPS) is 21.2. The van der Waals surface area contributed by atoms with Gasteiger partial charge in [-0.15, -0.1) is 0 Å². The Hall–Kier alpha value is -1.07. The fourth-order valence-corrected chi connectivity index (χ4v) is 2.62. The molecule has 1 aliphatic heterocycles. The van der Waals surface area contributed by atoms with Crippen LogP contribution >= 0.6 is 0 Å². The Balaban J connectivity index is 2.30. The lowest BCUT2D eigenvalue weighted by atomic mass is 9.95. The van der Waals surface area contributed by atoms with E-state index in [-0.39, 0.29) is 6.04 Å². The van der Waals surface area contributed by atoms with Crippen molar-refractivity contribution in [2.24, 2.45) is 5.92 Å². The number of aromatic nitrogens is 2. The van der Waals surface area contributed by atoms with Crippen LogP contribution in [0.3, 0.4) is 0 Å². The number of rotatable bonds is 6. The van der Waals surface area contributed by atoms with Crippen molar-refractivity contribution < 1.29 is 9.47 Å². The zero-order valence-corrected chi connectivity index (χ0v) is 11.5. The summed E-state index contributed by atoms with van der Waals surface area (Å²) in [5.74, 6) is 1.37. The van der Waals surface area contributed by atoms with Gasteiger partial charge in [-0.05, 0) is 19.9 Å². The van der Waals surface area contributed by atoms with Crippen LogP contribution in [0.5, 0.6) is 5.75 Å². The SMILES string of the molecule is CCNC(c1c(OC)cnn1CC)C1CCOC1. The van der Waals surface area contributed by atoms with Crippen molar-refractivity contribution >= 4 is 0 Å². The van der Waals surface area contributed by atoms with E-state index in [4.69, 9.17) is 9.47 Å². The van der Waals surface area contributed by atoms with Crippen LogP contribution in [0.4, 0.5) is 0 Å². The van der Waals surface area contributed by atoms with E-state index < -0.39 is 0 Å². The van der Waals surface area contributed by atoms with E-state index in [1.165, 1.54) is 0 Å². The third kappa shape index (κ3) is 2.52. The lowest BCUT2D eigenvalue weighted by molar-refractivity contribution is 0.175. The van der Waals surface area contributed by atoms with Crippen molar-refractivity contribution in [3.05, 3.63) is 11.9 Å². The summed E-state index contributed by atoms with van der Waals surface area (Å²) in [6, 6.07) is 0.259. The van der Waals surface area contributed by atoms with Gasteiger partial charge in [0.05, 0.1) is 31.6 Å². The van der Waals surface area contributed by atoms with E-state index in [1.54, 1.807) is 13.3 Å². The Morgan fingerprint density at radius 3 is 3.00 bits per heavy atom. The average Bonchev–Trinajstić information content (AvgIpc) is 3.04. The molecule has 18 heavy (non-hydrogen) atoms. The molecule has 2 atom stereocenters. The number of nitrogens with one attached hydrogen (secondary N) is 1. The maximum Gasteiger partial charge on any atom is 0.161 e. The van der Waals surface area contributed by atoms with E-state index >= 15 is 0 Å². The molecule has 5 nitrogen and oxygen atoms in total. The van der Waals surface area contributed by atoms with Crippen LogP contribution in [0, 0.1) is 5.92 Å². The van der Waals surface area contributed by atoms with Crippen molar-refractivity contribution in [2.75, 3.05) is 26.9 Å². The monoisotopic (exact) mass is 253 g/mol. The van der Waals surface area contributed by atoms with Gasteiger partial charge in [0.15, 0.2) is 5.75 Å². The average molecular weight is 253 g/mol. The third-order valence-corrected chi connectivity index (χ3v) is 3.52. The number of nitrogens with zero attached hydrogens (tertiary/aromatic N) is 2. The van der Waals surface area contributed by atoms with E-state index in [1.807, 2.05) is 4.68 Å². The first kappa shape index (κ1) is 13.4. The molecule has 5 heteroatoms. The first-order valence-corrected chi connectivity index (χ1v) is 6.72.